The smallest absolute Gasteiger partial charge is 0.416 e. The van der Waals surface area contributed by atoms with Crippen LogP contribution in [0, 0.1) is 0 Å². The molecule has 2 nitrogen and oxygen atoms in total. The fourth-order valence-electron chi connectivity index (χ4n) is 1.65. The fraction of sp³-hybridized carbons (Fsp3) is 0.529. The number of halogens is 3. The average molecular weight is 346 g/mol. The van der Waals surface area contributed by atoms with Gasteiger partial charge in [-0.25, -0.2) is 0 Å². The molecule has 0 aliphatic rings. The van der Waals surface area contributed by atoms with Gasteiger partial charge in [-0.05, 0) is 36.3 Å². The molecule has 1 atom stereocenters. The molecule has 0 bridgehead atoms. The van der Waals surface area contributed by atoms with Gasteiger partial charge in [-0.1, -0.05) is 32.9 Å². The first kappa shape index (κ1) is 19.8. The van der Waals surface area contributed by atoms with Crippen LogP contribution in [0.4, 0.5) is 13.2 Å². The van der Waals surface area contributed by atoms with Gasteiger partial charge in [0.1, 0.15) is 12.4 Å². The van der Waals surface area contributed by atoms with E-state index >= 15 is 0 Å². The first-order valence-electron chi connectivity index (χ1n) is 7.47. The van der Waals surface area contributed by atoms with Crippen LogP contribution in [0.1, 0.15) is 26.3 Å². The summed E-state index contributed by atoms with van der Waals surface area (Å²) >= 11 is 0. The minimum absolute atomic E-state index is 0.0322. The molecule has 130 valence electrons. The molecule has 23 heavy (non-hydrogen) atoms. The zero-order valence-electron chi connectivity index (χ0n) is 14.3. The molecular formula is C17H25F3O2Si. The van der Waals surface area contributed by atoms with Gasteiger partial charge in [0.05, 0.1) is 11.7 Å². The van der Waals surface area contributed by atoms with E-state index < -0.39 is 20.1 Å². The maximum atomic E-state index is 12.7. The van der Waals surface area contributed by atoms with Gasteiger partial charge in [0, 0.05) is 0 Å². The van der Waals surface area contributed by atoms with Crippen LogP contribution in [-0.4, -0.2) is 21.0 Å². The summed E-state index contributed by atoms with van der Waals surface area (Å²) in [5.41, 5.74) is -0.726. The molecule has 1 aromatic carbocycles. The molecule has 0 aliphatic carbocycles. The van der Waals surface area contributed by atoms with E-state index in [0.717, 1.165) is 12.1 Å². The van der Waals surface area contributed by atoms with E-state index in [2.05, 4.69) is 40.4 Å². The summed E-state index contributed by atoms with van der Waals surface area (Å²) in [6.07, 6.45) is -3.10. The summed E-state index contributed by atoms with van der Waals surface area (Å²) in [6, 6.07) is 4.84. The monoisotopic (exact) mass is 346 g/mol. The Kier molecular flexibility index (Phi) is 6.10. The van der Waals surface area contributed by atoms with Gasteiger partial charge in [0.15, 0.2) is 8.32 Å². The molecule has 0 amide bonds. The van der Waals surface area contributed by atoms with E-state index in [4.69, 9.17) is 9.16 Å². The zero-order valence-corrected chi connectivity index (χ0v) is 15.3. The number of benzene rings is 1. The van der Waals surface area contributed by atoms with Crippen molar-refractivity contribution in [2.45, 2.75) is 51.2 Å². The molecule has 0 fully saturated rings. The van der Waals surface area contributed by atoms with Gasteiger partial charge in [0.25, 0.3) is 0 Å². The number of rotatable bonds is 6. The van der Waals surface area contributed by atoms with Gasteiger partial charge in [-0.15, -0.1) is 6.58 Å². The van der Waals surface area contributed by atoms with Crippen LogP contribution >= 0.6 is 0 Å². The molecule has 1 unspecified atom stereocenters. The minimum atomic E-state index is -4.38. The summed E-state index contributed by atoms with van der Waals surface area (Å²) in [6.45, 7) is 14.4. The summed E-state index contributed by atoms with van der Waals surface area (Å²) < 4.78 is 49.7. The van der Waals surface area contributed by atoms with E-state index in [1.54, 1.807) is 6.08 Å². The quantitative estimate of drug-likeness (QED) is 0.489. The fourth-order valence-corrected chi connectivity index (χ4v) is 2.92. The Morgan fingerprint density at radius 1 is 1.22 bits per heavy atom. The first-order chi connectivity index (χ1) is 10.4. The largest absolute Gasteiger partial charge is 0.491 e. The van der Waals surface area contributed by atoms with Crippen molar-refractivity contribution >= 4 is 8.32 Å². The summed E-state index contributed by atoms with van der Waals surface area (Å²) in [7, 11) is -2.00. The van der Waals surface area contributed by atoms with E-state index in [9.17, 15) is 13.2 Å². The third-order valence-electron chi connectivity index (χ3n) is 4.09. The van der Waals surface area contributed by atoms with Gasteiger partial charge >= 0.3 is 6.18 Å². The van der Waals surface area contributed by atoms with E-state index in [1.165, 1.54) is 12.1 Å². The highest BCUT2D eigenvalue weighted by atomic mass is 28.4. The Bertz CT molecular complexity index is 533. The molecular weight excluding hydrogens is 321 g/mol. The SMILES string of the molecule is C=CC(COc1cccc(C(F)(F)F)c1)O[Si](C)(C)C(C)(C)C. The van der Waals surface area contributed by atoms with Gasteiger partial charge in [-0.3, -0.25) is 0 Å². The predicted octanol–water partition coefficient (Wildman–Crippen LogP) is 5.66. The van der Waals surface area contributed by atoms with Crippen molar-refractivity contribution in [2.75, 3.05) is 6.61 Å². The van der Waals surface area contributed by atoms with Crippen molar-refractivity contribution in [1.29, 1.82) is 0 Å². The lowest BCUT2D eigenvalue weighted by molar-refractivity contribution is -0.137. The molecule has 1 rings (SSSR count). The Morgan fingerprint density at radius 3 is 2.30 bits per heavy atom. The van der Waals surface area contributed by atoms with Gasteiger partial charge in [-0.2, -0.15) is 13.2 Å². The van der Waals surface area contributed by atoms with Crippen molar-refractivity contribution in [3.63, 3.8) is 0 Å². The molecule has 1 aromatic rings. The predicted molar refractivity (Wildman–Crippen MR) is 89.2 cm³/mol. The molecule has 0 spiro atoms. The second kappa shape index (κ2) is 7.09. The van der Waals surface area contributed by atoms with Crippen molar-refractivity contribution in [2.24, 2.45) is 0 Å². The Labute approximate surface area is 137 Å². The molecule has 0 aliphatic heterocycles. The van der Waals surface area contributed by atoms with Crippen molar-refractivity contribution in [3.8, 4) is 5.75 Å². The molecule has 0 N–H and O–H groups in total. The molecule has 0 saturated heterocycles. The van der Waals surface area contributed by atoms with Crippen LogP contribution in [0.5, 0.6) is 5.75 Å². The summed E-state index contributed by atoms with van der Waals surface area (Å²) in [5.74, 6) is 0.172. The van der Waals surface area contributed by atoms with Crippen LogP contribution in [-0.2, 0) is 10.6 Å². The van der Waals surface area contributed by atoms with Gasteiger partial charge in [0.2, 0.25) is 0 Å². The van der Waals surface area contributed by atoms with Crippen molar-refractivity contribution < 1.29 is 22.3 Å². The lowest BCUT2D eigenvalue weighted by atomic mass is 10.2. The summed E-state index contributed by atoms with van der Waals surface area (Å²) in [5, 5.41) is 0.0322. The lowest BCUT2D eigenvalue weighted by Gasteiger charge is -2.38. The first-order valence-corrected chi connectivity index (χ1v) is 10.4. The standard InChI is InChI=1S/C17H25F3O2Si/c1-7-14(22-23(5,6)16(2,3)4)12-21-15-10-8-9-13(11-15)17(18,19)20/h7-11,14H,1,12H2,2-6H3. The van der Waals surface area contributed by atoms with E-state index in [0.29, 0.717) is 0 Å². The highest BCUT2D eigenvalue weighted by Gasteiger charge is 2.38. The van der Waals surface area contributed by atoms with E-state index in [-0.39, 0.29) is 23.5 Å². The van der Waals surface area contributed by atoms with Crippen LogP contribution in [0.2, 0.25) is 18.1 Å². The van der Waals surface area contributed by atoms with Gasteiger partial charge < -0.3 is 9.16 Å². The second-order valence-electron chi connectivity index (χ2n) is 6.99. The molecule has 6 heteroatoms. The van der Waals surface area contributed by atoms with Crippen molar-refractivity contribution in [3.05, 3.63) is 42.5 Å². The van der Waals surface area contributed by atoms with Crippen LogP contribution in [0.15, 0.2) is 36.9 Å². The molecule has 0 saturated carbocycles. The average Bonchev–Trinajstić information content (AvgIpc) is 2.41. The normalized spacial score (nSPS) is 14.4. The second-order valence-corrected chi connectivity index (χ2v) is 11.7. The Morgan fingerprint density at radius 2 is 1.83 bits per heavy atom. The third kappa shape index (κ3) is 5.69. The number of hydrogen-bond acceptors (Lipinski definition) is 2. The van der Waals surface area contributed by atoms with E-state index in [1.807, 2.05) is 0 Å². The Balaban J connectivity index is 2.74. The highest BCUT2D eigenvalue weighted by Crippen LogP contribution is 2.37. The maximum Gasteiger partial charge on any atom is 0.416 e. The molecule has 0 aromatic heterocycles. The highest BCUT2D eigenvalue weighted by molar-refractivity contribution is 6.74. The Hall–Kier alpha value is -1.27. The number of hydrogen-bond donors (Lipinski definition) is 0. The third-order valence-corrected chi connectivity index (χ3v) is 8.60. The zero-order chi connectivity index (χ0) is 17.9. The topological polar surface area (TPSA) is 18.5 Å². The van der Waals surface area contributed by atoms with Crippen LogP contribution in [0.25, 0.3) is 0 Å². The molecule has 0 heterocycles. The lowest BCUT2D eigenvalue weighted by Crippen LogP contribution is -2.44. The summed E-state index contributed by atoms with van der Waals surface area (Å²) in [4.78, 5) is 0. The van der Waals surface area contributed by atoms with Crippen molar-refractivity contribution in [1.82, 2.24) is 0 Å². The molecule has 0 radical (unpaired) electrons. The number of alkyl halides is 3. The number of ether oxygens (including phenoxy) is 1. The minimum Gasteiger partial charge on any atom is -0.491 e. The van der Waals surface area contributed by atoms with Crippen LogP contribution < -0.4 is 4.74 Å². The van der Waals surface area contributed by atoms with Crippen LogP contribution in [0.3, 0.4) is 0 Å². The maximum absolute atomic E-state index is 12.7.